The minimum absolute atomic E-state index is 0.192. The van der Waals surface area contributed by atoms with Crippen LogP contribution in [0.2, 0.25) is 0 Å². The first kappa shape index (κ1) is 9.92. The van der Waals surface area contributed by atoms with Gasteiger partial charge < -0.3 is 10.2 Å². The normalized spacial score (nSPS) is 14.1. The standard InChI is InChI=1S/C8H18O2/c1-7(2)5-8(6-10)3-4-9/h7-10H,3-6H2,1-2H3. The fraction of sp³-hybridized carbons (Fsp3) is 1.00. The van der Waals surface area contributed by atoms with Gasteiger partial charge in [0.25, 0.3) is 0 Å². The van der Waals surface area contributed by atoms with Gasteiger partial charge in [0.15, 0.2) is 0 Å². The van der Waals surface area contributed by atoms with Crippen LogP contribution in [-0.2, 0) is 0 Å². The van der Waals surface area contributed by atoms with Crippen molar-refractivity contribution in [3.05, 3.63) is 0 Å². The van der Waals surface area contributed by atoms with Crippen LogP contribution in [-0.4, -0.2) is 23.4 Å². The highest BCUT2D eigenvalue weighted by Crippen LogP contribution is 2.13. The lowest BCUT2D eigenvalue weighted by molar-refractivity contribution is 0.167. The maximum atomic E-state index is 8.79. The van der Waals surface area contributed by atoms with E-state index in [1.165, 1.54) is 0 Å². The zero-order chi connectivity index (χ0) is 7.98. The summed E-state index contributed by atoms with van der Waals surface area (Å²) in [5.41, 5.74) is 0. The Morgan fingerprint density at radius 1 is 1.20 bits per heavy atom. The molecule has 0 aromatic rings. The van der Waals surface area contributed by atoms with Crippen LogP contribution >= 0.6 is 0 Å². The van der Waals surface area contributed by atoms with E-state index in [9.17, 15) is 0 Å². The average molecular weight is 146 g/mol. The Kier molecular flexibility index (Phi) is 5.64. The lowest BCUT2D eigenvalue weighted by Gasteiger charge is -2.14. The predicted octanol–water partition coefficient (Wildman–Crippen LogP) is 1.02. The van der Waals surface area contributed by atoms with Crippen LogP contribution in [0.3, 0.4) is 0 Å². The highest BCUT2D eigenvalue weighted by atomic mass is 16.3. The highest BCUT2D eigenvalue weighted by Gasteiger charge is 2.07. The number of hydrogen-bond acceptors (Lipinski definition) is 2. The Hall–Kier alpha value is -0.0800. The quantitative estimate of drug-likeness (QED) is 0.608. The molecule has 0 radical (unpaired) electrons. The average Bonchev–Trinajstić information content (AvgIpc) is 1.86. The molecule has 1 atom stereocenters. The van der Waals surface area contributed by atoms with Crippen molar-refractivity contribution in [3.63, 3.8) is 0 Å². The summed E-state index contributed by atoms with van der Waals surface area (Å²) in [6.07, 6.45) is 1.74. The minimum atomic E-state index is 0.192. The zero-order valence-electron chi connectivity index (χ0n) is 6.88. The maximum Gasteiger partial charge on any atom is 0.0460 e. The van der Waals surface area contributed by atoms with E-state index < -0.39 is 0 Å². The molecule has 0 aliphatic carbocycles. The van der Waals surface area contributed by atoms with E-state index in [-0.39, 0.29) is 13.2 Å². The molecule has 1 unspecified atom stereocenters. The lowest BCUT2D eigenvalue weighted by Crippen LogP contribution is -2.10. The molecule has 2 N–H and O–H groups in total. The first-order valence-electron chi connectivity index (χ1n) is 3.92. The second-order valence-electron chi connectivity index (χ2n) is 3.19. The van der Waals surface area contributed by atoms with Gasteiger partial charge >= 0.3 is 0 Å². The Morgan fingerprint density at radius 3 is 2.10 bits per heavy atom. The molecule has 0 spiro atoms. The molecule has 0 rings (SSSR count). The Morgan fingerprint density at radius 2 is 1.80 bits per heavy atom. The van der Waals surface area contributed by atoms with Gasteiger partial charge in [0.05, 0.1) is 0 Å². The third kappa shape index (κ3) is 4.77. The summed E-state index contributed by atoms with van der Waals surface area (Å²) in [5.74, 6) is 0.911. The van der Waals surface area contributed by atoms with Gasteiger partial charge in [0, 0.05) is 13.2 Å². The van der Waals surface area contributed by atoms with Crippen molar-refractivity contribution in [2.45, 2.75) is 26.7 Å². The molecule has 0 aliphatic rings. The molecule has 2 heteroatoms. The fourth-order valence-corrected chi connectivity index (χ4v) is 1.13. The molecule has 10 heavy (non-hydrogen) atoms. The van der Waals surface area contributed by atoms with E-state index in [4.69, 9.17) is 10.2 Å². The molecule has 0 fully saturated rings. The molecule has 0 amide bonds. The number of aliphatic hydroxyl groups is 2. The van der Waals surface area contributed by atoms with Crippen molar-refractivity contribution in [1.82, 2.24) is 0 Å². The van der Waals surface area contributed by atoms with Crippen molar-refractivity contribution in [2.75, 3.05) is 13.2 Å². The van der Waals surface area contributed by atoms with E-state index in [0.717, 1.165) is 12.8 Å². The second-order valence-corrected chi connectivity index (χ2v) is 3.19. The van der Waals surface area contributed by atoms with Gasteiger partial charge in [-0.2, -0.15) is 0 Å². The Labute approximate surface area is 62.9 Å². The summed E-state index contributed by atoms with van der Waals surface area (Å²) in [7, 11) is 0. The maximum absolute atomic E-state index is 8.79. The first-order chi connectivity index (χ1) is 4.70. The van der Waals surface area contributed by atoms with E-state index in [1.807, 2.05) is 0 Å². The molecule has 0 aromatic heterocycles. The Balaban J connectivity index is 3.39. The van der Waals surface area contributed by atoms with Crippen molar-refractivity contribution < 1.29 is 10.2 Å². The summed E-state index contributed by atoms with van der Waals surface area (Å²) in [5, 5.41) is 17.4. The monoisotopic (exact) mass is 146 g/mol. The van der Waals surface area contributed by atoms with Gasteiger partial charge in [-0.1, -0.05) is 13.8 Å². The third-order valence-electron chi connectivity index (χ3n) is 1.60. The SMILES string of the molecule is CC(C)CC(CO)CCO. The molecule has 62 valence electrons. The van der Waals surface area contributed by atoms with E-state index in [0.29, 0.717) is 11.8 Å². The van der Waals surface area contributed by atoms with Crippen LogP contribution in [0.25, 0.3) is 0 Å². The molecular formula is C8H18O2. The second kappa shape index (κ2) is 5.69. The Bertz CT molecular complexity index is 71.7. The number of aliphatic hydroxyl groups excluding tert-OH is 2. The van der Waals surface area contributed by atoms with Gasteiger partial charge in [0.2, 0.25) is 0 Å². The molecule has 0 heterocycles. The van der Waals surface area contributed by atoms with Crippen LogP contribution in [0.1, 0.15) is 26.7 Å². The first-order valence-corrected chi connectivity index (χ1v) is 3.92. The summed E-state index contributed by atoms with van der Waals surface area (Å²) in [6.45, 7) is 4.65. The summed E-state index contributed by atoms with van der Waals surface area (Å²) < 4.78 is 0. The summed E-state index contributed by atoms with van der Waals surface area (Å²) in [4.78, 5) is 0. The van der Waals surface area contributed by atoms with Crippen LogP contribution in [0.15, 0.2) is 0 Å². The zero-order valence-corrected chi connectivity index (χ0v) is 6.88. The molecule has 0 aromatic carbocycles. The van der Waals surface area contributed by atoms with E-state index >= 15 is 0 Å². The number of hydrogen-bond donors (Lipinski definition) is 2. The van der Waals surface area contributed by atoms with Crippen LogP contribution < -0.4 is 0 Å². The van der Waals surface area contributed by atoms with Gasteiger partial charge in [-0.15, -0.1) is 0 Å². The van der Waals surface area contributed by atoms with Gasteiger partial charge in [-0.3, -0.25) is 0 Å². The van der Waals surface area contributed by atoms with Gasteiger partial charge in [0.1, 0.15) is 0 Å². The van der Waals surface area contributed by atoms with Crippen molar-refractivity contribution in [1.29, 1.82) is 0 Å². The summed E-state index contributed by atoms with van der Waals surface area (Å²) in [6, 6.07) is 0. The van der Waals surface area contributed by atoms with Gasteiger partial charge in [-0.05, 0) is 24.7 Å². The van der Waals surface area contributed by atoms with E-state index in [1.54, 1.807) is 0 Å². The van der Waals surface area contributed by atoms with Crippen LogP contribution in [0, 0.1) is 11.8 Å². The van der Waals surface area contributed by atoms with Crippen LogP contribution in [0.5, 0.6) is 0 Å². The number of rotatable bonds is 5. The highest BCUT2D eigenvalue weighted by molar-refractivity contribution is 4.59. The van der Waals surface area contributed by atoms with Crippen LogP contribution in [0.4, 0.5) is 0 Å². The molecule has 2 nitrogen and oxygen atoms in total. The topological polar surface area (TPSA) is 40.5 Å². The van der Waals surface area contributed by atoms with Gasteiger partial charge in [-0.25, -0.2) is 0 Å². The lowest BCUT2D eigenvalue weighted by atomic mass is 9.95. The molecule has 0 bridgehead atoms. The van der Waals surface area contributed by atoms with Crippen molar-refractivity contribution in [3.8, 4) is 0 Å². The fourth-order valence-electron chi connectivity index (χ4n) is 1.13. The largest absolute Gasteiger partial charge is 0.396 e. The smallest absolute Gasteiger partial charge is 0.0460 e. The minimum Gasteiger partial charge on any atom is -0.396 e. The van der Waals surface area contributed by atoms with E-state index in [2.05, 4.69) is 13.8 Å². The summed E-state index contributed by atoms with van der Waals surface area (Å²) >= 11 is 0. The molecule has 0 saturated carbocycles. The molecule has 0 saturated heterocycles. The van der Waals surface area contributed by atoms with Crippen molar-refractivity contribution >= 4 is 0 Å². The van der Waals surface area contributed by atoms with Crippen molar-refractivity contribution in [2.24, 2.45) is 11.8 Å². The third-order valence-corrected chi connectivity index (χ3v) is 1.60. The predicted molar refractivity (Wildman–Crippen MR) is 41.7 cm³/mol. The molecular weight excluding hydrogens is 128 g/mol. The molecule has 0 aliphatic heterocycles.